The summed E-state index contributed by atoms with van der Waals surface area (Å²) >= 11 is 0. The molecule has 3 rings (SSSR count). The average molecular weight is 438 g/mol. The predicted molar refractivity (Wildman–Crippen MR) is 123 cm³/mol. The molecule has 0 heterocycles. The van der Waals surface area contributed by atoms with E-state index < -0.39 is 10.0 Å². The number of sulfonamides is 1. The Morgan fingerprint density at radius 2 is 1.45 bits per heavy atom. The Kier molecular flexibility index (Phi) is 6.71. The van der Waals surface area contributed by atoms with Crippen molar-refractivity contribution in [3.05, 3.63) is 90.0 Å². The molecule has 2 N–H and O–H groups in total. The zero-order valence-electron chi connectivity index (χ0n) is 17.2. The van der Waals surface area contributed by atoms with Gasteiger partial charge in [0, 0.05) is 23.9 Å². The minimum absolute atomic E-state index is 0.156. The second-order valence-corrected chi connectivity index (χ2v) is 8.93. The van der Waals surface area contributed by atoms with Gasteiger partial charge in [0.05, 0.1) is 18.5 Å². The third-order valence-corrected chi connectivity index (χ3v) is 5.57. The van der Waals surface area contributed by atoms with Crippen LogP contribution in [0.25, 0.3) is 0 Å². The zero-order valence-corrected chi connectivity index (χ0v) is 18.0. The van der Waals surface area contributed by atoms with Gasteiger partial charge in [0.1, 0.15) is 0 Å². The largest absolute Gasteiger partial charge is 0.326 e. The van der Waals surface area contributed by atoms with Crippen LogP contribution in [0.5, 0.6) is 0 Å². The molecular formula is C23H23N3O4S. The molecule has 0 aromatic heterocycles. The van der Waals surface area contributed by atoms with Gasteiger partial charge in [-0.2, -0.15) is 0 Å². The smallest absolute Gasteiger partial charge is 0.255 e. The molecule has 3 aromatic rings. The number of carbonyl (C=O) groups excluding carboxylic acids is 2. The topological polar surface area (TPSA) is 95.6 Å². The van der Waals surface area contributed by atoms with Crippen LogP contribution in [-0.2, 0) is 21.4 Å². The van der Waals surface area contributed by atoms with Crippen LogP contribution in [0.15, 0.2) is 78.9 Å². The van der Waals surface area contributed by atoms with E-state index in [9.17, 15) is 18.0 Å². The highest BCUT2D eigenvalue weighted by atomic mass is 32.2. The quantitative estimate of drug-likeness (QED) is 0.587. The van der Waals surface area contributed by atoms with E-state index in [-0.39, 0.29) is 18.4 Å². The average Bonchev–Trinajstić information content (AvgIpc) is 2.72. The molecule has 3 aromatic carbocycles. The molecule has 160 valence electrons. The summed E-state index contributed by atoms with van der Waals surface area (Å²) in [7, 11) is -3.47. The van der Waals surface area contributed by atoms with E-state index in [1.165, 1.54) is 11.2 Å². The van der Waals surface area contributed by atoms with Gasteiger partial charge in [0.15, 0.2) is 0 Å². The second-order valence-electron chi connectivity index (χ2n) is 7.02. The fourth-order valence-electron chi connectivity index (χ4n) is 3.00. The summed E-state index contributed by atoms with van der Waals surface area (Å²) < 4.78 is 25.8. The first kappa shape index (κ1) is 22.0. The van der Waals surface area contributed by atoms with Crippen molar-refractivity contribution in [1.29, 1.82) is 0 Å². The van der Waals surface area contributed by atoms with Crippen molar-refractivity contribution in [3.8, 4) is 0 Å². The number of hydrogen-bond donors (Lipinski definition) is 2. The zero-order chi connectivity index (χ0) is 22.4. The van der Waals surface area contributed by atoms with Crippen LogP contribution >= 0.6 is 0 Å². The SMILES string of the molecule is CC(=O)Nc1cccc(NC(=O)c2ccc(CN(c3ccccc3)S(C)(=O)=O)cc2)c1. The normalized spacial score (nSPS) is 10.9. The maximum Gasteiger partial charge on any atom is 0.255 e. The lowest BCUT2D eigenvalue weighted by Crippen LogP contribution is -2.29. The van der Waals surface area contributed by atoms with Crippen LogP contribution in [0.1, 0.15) is 22.8 Å². The highest BCUT2D eigenvalue weighted by molar-refractivity contribution is 7.92. The first-order valence-electron chi connectivity index (χ1n) is 9.53. The van der Waals surface area contributed by atoms with E-state index in [0.29, 0.717) is 22.6 Å². The van der Waals surface area contributed by atoms with Gasteiger partial charge in [0.25, 0.3) is 5.91 Å². The van der Waals surface area contributed by atoms with Gasteiger partial charge < -0.3 is 10.6 Å². The van der Waals surface area contributed by atoms with E-state index in [4.69, 9.17) is 0 Å². The molecule has 0 radical (unpaired) electrons. The third-order valence-electron chi connectivity index (χ3n) is 4.43. The van der Waals surface area contributed by atoms with Crippen LogP contribution < -0.4 is 14.9 Å². The van der Waals surface area contributed by atoms with Crippen LogP contribution in [-0.4, -0.2) is 26.5 Å². The van der Waals surface area contributed by atoms with Crippen molar-refractivity contribution in [1.82, 2.24) is 0 Å². The van der Waals surface area contributed by atoms with Crippen LogP contribution in [0.2, 0.25) is 0 Å². The van der Waals surface area contributed by atoms with Gasteiger partial charge in [-0.3, -0.25) is 13.9 Å². The van der Waals surface area contributed by atoms with E-state index in [0.717, 1.165) is 11.8 Å². The lowest BCUT2D eigenvalue weighted by Gasteiger charge is -2.22. The molecule has 8 heteroatoms. The minimum Gasteiger partial charge on any atom is -0.326 e. The van der Waals surface area contributed by atoms with Gasteiger partial charge >= 0.3 is 0 Å². The Labute approximate surface area is 181 Å². The molecule has 0 fully saturated rings. The Morgan fingerprint density at radius 3 is 2.03 bits per heavy atom. The molecule has 0 bridgehead atoms. The molecule has 7 nitrogen and oxygen atoms in total. The second kappa shape index (κ2) is 9.44. The fraction of sp³-hybridized carbons (Fsp3) is 0.130. The molecule has 0 unspecified atom stereocenters. The maximum atomic E-state index is 12.6. The molecular weight excluding hydrogens is 414 g/mol. The standard InChI is InChI=1S/C23H23N3O4S/c1-17(27)24-20-7-6-8-21(15-20)25-23(28)19-13-11-18(12-14-19)16-26(31(2,29)30)22-9-4-3-5-10-22/h3-15H,16H2,1-2H3,(H,24,27)(H,25,28). The summed E-state index contributed by atoms with van der Waals surface area (Å²) in [5, 5.41) is 5.45. The predicted octanol–water partition coefficient (Wildman–Crippen LogP) is 3.86. The first-order chi connectivity index (χ1) is 14.7. The molecule has 0 saturated heterocycles. The van der Waals surface area contributed by atoms with Crippen LogP contribution in [0, 0.1) is 0 Å². The molecule has 31 heavy (non-hydrogen) atoms. The fourth-order valence-corrected chi connectivity index (χ4v) is 3.89. The maximum absolute atomic E-state index is 12.6. The Morgan fingerprint density at radius 1 is 0.839 bits per heavy atom. The molecule has 0 aliphatic rings. The summed E-state index contributed by atoms with van der Waals surface area (Å²) in [6.45, 7) is 1.57. The van der Waals surface area contributed by atoms with Crippen molar-refractivity contribution in [2.24, 2.45) is 0 Å². The van der Waals surface area contributed by atoms with Crippen LogP contribution in [0.4, 0.5) is 17.1 Å². The molecule has 0 spiro atoms. The van der Waals surface area contributed by atoms with Crippen molar-refractivity contribution in [2.45, 2.75) is 13.5 Å². The Balaban J connectivity index is 1.72. The number of amides is 2. The molecule has 0 aliphatic heterocycles. The molecule has 0 saturated carbocycles. The van der Waals surface area contributed by atoms with Crippen molar-refractivity contribution < 1.29 is 18.0 Å². The first-order valence-corrected chi connectivity index (χ1v) is 11.4. The third kappa shape index (κ3) is 6.16. The van der Waals surface area contributed by atoms with Crippen LogP contribution in [0.3, 0.4) is 0 Å². The lowest BCUT2D eigenvalue weighted by atomic mass is 10.1. The van der Waals surface area contributed by atoms with E-state index in [1.54, 1.807) is 72.8 Å². The van der Waals surface area contributed by atoms with Gasteiger partial charge in [-0.25, -0.2) is 8.42 Å². The highest BCUT2D eigenvalue weighted by Crippen LogP contribution is 2.21. The number of benzene rings is 3. The molecule has 0 atom stereocenters. The minimum atomic E-state index is -3.47. The van der Waals surface area contributed by atoms with Gasteiger partial charge in [-0.1, -0.05) is 36.4 Å². The number of nitrogens with one attached hydrogen (secondary N) is 2. The number of hydrogen-bond acceptors (Lipinski definition) is 4. The number of rotatable bonds is 7. The number of anilines is 3. The number of carbonyl (C=O) groups is 2. The van der Waals surface area contributed by atoms with Gasteiger partial charge in [-0.15, -0.1) is 0 Å². The summed E-state index contributed by atoms with van der Waals surface area (Å²) in [6, 6.07) is 22.4. The summed E-state index contributed by atoms with van der Waals surface area (Å²) in [5.41, 5.74) is 2.89. The van der Waals surface area contributed by atoms with Crippen molar-refractivity contribution >= 4 is 38.9 Å². The Bertz CT molecular complexity index is 1180. The highest BCUT2D eigenvalue weighted by Gasteiger charge is 2.18. The van der Waals surface area contributed by atoms with Gasteiger partial charge in [-0.05, 0) is 48.0 Å². The van der Waals surface area contributed by atoms with Crippen molar-refractivity contribution in [2.75, 3.05) is 21.2 Å². The van der Waals surface area contributed by atoms with Gasteiger partial charge in [0.2, 0.25) is 15.9 Å². The van der Waals surface area contributed by atoms with E-state index in [1.807, 2.05) is 6.07 Å². The molecule has 0 aliphatic carbocycles. The molecule has 2 amide bonds. The number of nitrogens with zero attached hydrogens (tertiary/aromatic N) is 1. The monoisotopic (exact) mass is 437 g/mol. The summed E-state index contributed by atoms with van der Waals surface area (Å²) in [6.07, 6.45) is 1.16. The Hall–Kier alpha value is -3.65. The van der Waals surface area contributed by atoms with E-state index in [2.05, 4.69) is 10.6 Å². The summed E-state index contributed by atoms with van der Waals surface area (Å²) in [5.74, 6) is -0.507. The lowest BCUT2D eigenvalue weighted by molar-refractivity contribution is -0.114. The summed E-state index contributed by atoms with van der Waals surface area (Å²) in [4.78, 5) is 23.7. The van der Waals surface area contributed by atoms with Crippen molar-refractivity contribution in [3.63, 3.8) is 0 Å². The number of para-hydroxylation sites is 1. The van der Waals surface area contributed by atoms with E-state index >= 15 is 0 Å².